The van der Waals surface area contributed by atoms with E-state index in [0.717, 1.165) is 110 Å². The number of aromatic nitrogens is 22. The van der Waals surface area contributed by atoms with Crippen LogP contribution in [0.15, 0.2) is 114 Å². The van der Waals surface area contributed by atoms with Crippen LogP contribution in [0.2, 0.25) is 0 Å². The number of carbonyl (C=O) groups is 8. The van der Waals surface area contributed by atoms with Crippen molar-refractivity contribution in [2.45, 2.75) is 55.4 Å². The summed E-state index contributed by atoms with van der Waals surface area (Å²) in [4.78, 5) is 122. The number of carboxylic acids is 8. The van der Waals surface area contributed by atoms with Crippen LogP contribution in [0, 0.1) is 96.0 Å². The molecule has 0 fully saturated rings. The van der Waals surface area contributed by atoms with Crippen molar-refractivity contribution in [2.24, 2.45) is 40.9 Å². The minimum atomic E-state index is -1.42. The number of benzene rings is 4. The molecule has 14 aromatic rings. The molecule has 14 rings (SSSR count). The number of nitriles is 3. The number of aromatic carboxylic acids is 8. The first-order valence-electron chi connectivity index (χ1n) is 36.1. The summed E-state index contributed by atoms with van der Waals surface area (Å²) in [6.45, 7) is 19.6. The SMILES string of the molecule is Cc1nn(-c2cc(C(=O)O)cc(C(=O)O)c2)c(N=Nc2c(C)nn(-c3nc(O)nc(-n4nc(C)c(N=Nc5c(C#N)c(C)nn5-c5cc(C(=O)O)cc(C(=O)O)c5)c4N)n3)c2N)c1C#N.[C-]#[N+]c1c(C)nn(-c2cc(C(=O)O)cc(C(=O)O)c2)c1N=Nc1c(C)nn(-c2nc(O)nc(-n3nc(C)c(N=Nc4c(C#N)c(C)nn4-c4cc(C(=O)O)cc(C(=O)O)c4)c3N)n2)c1N. The zero-order valence-corrected chi connectivity index (χ0v) is 67.2. The molecule has 4 aromatic carbocycles. The normalized spacial score (nSPS) is 11.3. The number of carboxylic acid groups (broad SMARTS) is 8. The summed E-state index contributed by atoms with van der Waals surface area (Å²) in [6.07, 6.45) is 0. The fourth-order valence-corrected chi connectivity index (χ4v) is 12.3. The van der Waals surface area contributed by atoms with Gasteiger partial charge in [-0.3, -0.25) is 0 Å². The molecule has 0 amide bonds. The summed E-state index contributed by atoms with van der Waals surface area (Å²) in [6, 6.07) is 17.0. The number of nitrogens with two attached hydrogens (primary N) is 4. The van der Waals surface area contributed by atoms with E-state index in [9.17, 15) is 105 Å². The maximum Gasteiger partial charge on any atom is 0.335 e. The molecular formula is C74H54N38O18. The number of hydrogen-bond acceptors (Lipinski definition) is 39. The third kappa shape index (κ3) is 16.5. The second kappa shape index (κ2) is 34.2. The lowest BCUT2D eigenvalue weighted by molar-refractivity contribution is 0.0676. The van der Waals surface area contributed by atoms with E-state index in [2.05, 4.69) is 116 Å². The largest absolute Gasteiger partial charge is 0.479 e. The van der Waals surface area contributed by atoms with Gasteiger partial charge in [-0.05, 0) is 128 Å². The Morgan fingerprint density at radius 2 is 0.492 bits per heavy atom. The predicted octanol–water partition coefficient (Wildman–Crippen LogP) is 8.85. The Hall–Kier alpha value is -20.5. The van der Waals surface area contributed by atoms with Gasteiger partial charge in [0.15, 0.2) is 69.3 Å². The molecule has 56 heteroatoms. The highest BCUT2D eigenvalue weighted by molar-refractivity contribution is 5.98. The average molecular weight is 1760 g/mol. The monoisotopic (exact) mass is 1760 g/mol. The van der Waals surface area contributed by atoms with Crippen molar-refractivity contribution in [3.8, 4) is 76.8 Å². The molecule has 18 N–H and O–H groups in total. The maximum absolute atomic E-state index is 11.8. The zero-order chi connectivity index (χ0) is 94.4. The molecule has 0 spiro atoms. The molecule has 10 aromatic heterocycles. The van der Waals surface area contributed by atoms with E-state index in [4.69, 9.17) is 29.5 Å². The van der Waals surface area contributed by atoms with E-state index in [0.29, 0.717) is 0 Å². The van der Waals surface area contributed by atoms with Crippen molar-refractivity contribution in [2.75, 3.05) is 22.9 Å². The molecule has 0 aliphatic rings. The predicted molar refractivity (Wildman–Crippen MR) is 434 cm³/mol. The second-order valence-electron chi connectivity index (χ2n) is 26.9. The van der Waals surface area contributed by atoms with E-state index < -0.39 is 59.8 Å². The van der Waals surface area contributed by atoms with Crippen LogP contribution in [0.25, 0.3) is 51.4 Å². The molecule has 0 aliphatic heterocycles. The van der Waals surface area contributed by atoms with Crippen LogP contribution in [-0.4, -0.2) is 207 Å². The Labute approximate surface area is 720 Å². The molecule has 130 heavy (non-hydrogen) atoms. The smallest absolute Gasteiger partial charge is 0.335 e. The lowest BCUT2D eigenvalue weighted by Crippen LogP contribution is -2.13. The summed E-state index contributed by atoms with van der Waals surface area (Å²) in [5.41, 5.74) is 23.0. The van der Waals surface area contributed by atoms with Crippen LogP contribution >= 0.6 is 0 Å². The van der Waals surface area contributed by atoms with E-state index in [1.807, 2.05) is 18.2 Å². The molecule has 648 valence electrons. The maximum atomic E-state index is 11.8. The second-order valence-corrected chi connectivity index (χ2v) is 26.9. The van der Waals surface area contributed by atoms with Crippen molar-refractivity contribution in [3.05, 3.63) is 191 Å². The summed E-state index contributed by atoms with van der Waals surface area (Å²) in [7, 11) is 0. The van der Waals surface area contributed by atoms with Crippen LogP contribution in [0.1, 0.15) is 145 Å². The lowest BCUT2D eigenvalue weighted by Gasteiger charge is -2.08. The molecule has 0 saturated heterocycles. The van der Waals surface area contributed by atoms with Gasteiger partial charge in [0, 0.05) is 0 Å². The molecule has 56 nitrogen and oxygen atoms in total. The van der Waals surface area contributed by atoms with Gasteiger partial charge in [-0.1, -0.05) is 0 Å². The standard InChI is InChI=1S/2C37H27N19O9/c1-13-23(12-38)29(53(49-13)21-8-17(31(57)58)6-18(9-21)32(59)60)47-45-24-14(2)51-55(27(24)39)35-42-36(44-37(65)43-35)56-28(40)25(15(3)52-56)46-48-30-26(41-5)16(4)50-54(30)22-10-19(33(61)62)7-20(11-22)34(63)64;1-13-23(11-38)29(53(49-13)21-7-17(31(57)58)5-18(8-21)32(59)60)47-45-25-15(3)51-55(27(25)40)35-42-36(44-37(65)43-35)56-28(41)26(16(4)52-56)46-48-30-24(12-39)14(2)50-54(30)22-9-19(33(61)62)6-20(10-22)34(63)64/h6-11H,39-40H2,1-4H3,(H,57,58)(H,59,60)(H,61,62)(H,63,64)(H,42,43,44,65);5-10H,40-41H2,1-4H3,(H,57,58)(H,59,60)(H,61,62)(H,63,64)(H,42,43,44,65). The molecule has 0 atom stereocenters. The number of hydrogen-bond donors (Lipinski definition) is 14. The van der Waals surface area contributed by atoms with Gasteiger partial charge in [0.1, 0.15) is 34.9 Å². The number of nitrogens with zero attached hydrogens (tertiary/aromatic N) is 34. The molecule has 0 bridgehead atoms. The van der Waals surface area contributed by atoms with Crippen molar-refractivity contribution in [3.63, 3.8) is 0 Å². The van der Waals surface area contributed by atoms with Gasteiger partial charge in [-0.15, -0.1) is 40.9 Å². The van der Waals surface area contributed by atoms with Gasteiger partial charge in [-0.25, -0.2) is 61.9 Å². The highest BCUT2D eigenvalue weighted by atomic mass is 16.4. The topological polar surface area (TPSA) is 837 Å². The zero-order valence-electron chi connectivity index (χ0n) is 67.2. The first-order chi connectivity index (χ1) is 61.6. The summed E-state index contributed by atoms with van der Waals surface area (Å²) in [5.74, 6) is -14.7. The van der Waals surface area contributed by atoms with Crippen molar-refractivity contribution < 1.29 is 89.4 Å². The van der Waals surface area contributed by atoms with Crippen LogP contribution in [-0.2, 0) is 0 Å². The molecule has 0 aliphatic carbocycles. The van der Waals surface area contributed by atoms with E-state index in [1.54, 1.807) is 0 Å². The quantitative estimate of drug-likeness (QED) is 0.0198. The van der Waals surface area contributed by atoms with E-state index >= 15 is 0 Å². The Balaban J connectivity index is 0.000000222. The number of aryl methyl sites for hydroxylation is 8. The molecule has 10 heterocycles. The van der Waals surface area contributed by atoms with Crippen molar-refractivity contribution >= 4 is 123 Å². The molecule has 0 radical (unpaired) electrons. The van der Waals surface area contributed by atoms with Gasteiger partial charge in [0.05, 0.1) is 119 Å². The number of azo groups is 4. The van der Waals surface area contributed by atoms with E-state index in [1.165, 1.54) is 55.4 Å². The minimum Gasteiger partial charge on any atom is -0.479 e. The first-order valence-corrected chi connectivity index (χ1v) is 36.1. The van der Waals surface area contributed by atoms with E-state index in [-0.39, 0.29) is 228 Å². The van der Waals surface area contributed by atoms with Gasteiger partial charge in [-0.2, -0.15) is 105 Å². The molecule has 0 unspecified atom stereocenters. The fraction of sp³-hybridized carbons (Fsp3) is 0.108. The first kappa shape index (κ1) is 87.3. The third-order valence-electron chi connectivity index (χ3n) is 18.4. The van der Waals surface area contributed by atoms with Crippen LogP contribution in [0.3, 0.4) is 0 Å². The number of aromatic hydroxyl groups is 2. The third-order valence-corrected chi connectivity index (χ3v) is 18.4. The number of nitrogen functional groups attached to an aromatic ring is 4. The molecule has 0 saturated carbocycles. The van der Waals surface area contributed by atoms with Crippen molar-refractivity contribution in [1.82, 2.24) is 108 Å². The van der Waals surface area contributed by atoms with Gasteiger partial charge in [0.2, 0.25) is 0 Å². The van der Waals surface area contributed by atoms with Crippen LogP contribution in [0.4, 0.5) is 75.0 Å². The Bertz CT molecular complexity index is 6600. The number of anilines is 4. The van der Waals surface area contributed by atoms with Gasteiger partial charge >= 0.3 is 59.8 Å². The van der Waals surface area contributed by atoms with Crippen LogP contribution < -0.4 is 22.9 Å². The average Bonchev–Trinajstić information content (AvgIpc) is 1.60. The molecular weight excluding hydrogens is 1710 g/mol. The Morgan fingerprint density at radius 3 is 0.692 bits per heavy atom. The fourth-order valence-electron chi connectivity index (χ4n) is 12.3. The Morgan fingerprint density at radius 1 is 0.300 bits per heavy atom. The summed E-state index contributed by atoms with van der Waals surface area (Å²) >= 11 is 0. The van der Waals surface area contributed by atoms with Gasteiger partial charge < -0.3 is 74.0 Å². The van der Waals surface area contributed by atoms with Crippen LogP contribution in [0.5, 0.6) is 12.0 Å². The Kier molecular flexibility index (Phi) is 23.0. The van der Waals surface area contributed by atoms with Gasteiger partial charge in [0.25, 0.3) is 29.5 Å². The highest BCUT2D eigenvalue weighted by Gasteiger charge is 2.30. The minimum absolute atomic E-state index is 0.0476. The summed E-state index contributed by atoms with van der Waals surface area (Å²) in [5, 5.41) is 196. The van der Waals surface area contributed by atoms with Crippen molar-refractivity contribution in [1.29, 1.82) is 15.8 Å². The number of rotatable bonds is 24. The highest BCUT2D eigenvalue weighted by Crippen LogP contribution is 2.41. The summed E-state index contributed by atoms with van der Waals surface area (Å²) < 4.78 is 8.05. The lowest BCUT2D eigenvalue weighted by atomic mass is 10.1.